The van der Waals surface area contributed by atoms with Crippen molar-refractivity contribution in [2.75, 3.05) is 25.0 Å². The van der Waals surface area contributed by atoms with Crippen molar-refractivity contribution in [2.24, 2.45) is 0 Å². The molecule has 1 fully saturated rings. The first-order valence-corrected chi connectivity index (χ1v) is 6.80. The number of carbonyl (C=O) groups excluding carboxylic acids is 1. The largest absolute Gasteiger partial charge is 0.423 e. The molecule has 21 heavy (non-hydrogen) atoms. The van der Waals surface area contributed by atoms with E-state index < -0.39 is 0 Å². The smallest absolute Gasteiger partial charge is 0.247 e. The Labute approximate surface area is 121 Å². The highest BCUT2D eigenvalue weighted by Crippen LogP contribution is 2.20. The van der Waals surface area contributed by atoms with E-state index in [9.17, 15) is 4.79 Å². The van der Waals surface area contributed by atoms with Gasteiger partial charge in [-0.15, -0.1) is 10.2 Å². The zero-order chi connectivity index (χ0) is 14.5. The van der Waals surface area contributed by atoms with E-state index in [1.54, 1.807) is 6.07 Å². The van der Waals surface area contributed by atoms with Crippen LogP contribution in [0.2, 0.25) is 0 Å². The third-order valence-electron chi connectivity index (χ3n) is 3.17. The van der Waals surface area contributed by atoms with Crippen LogP contribution in [0.25, 0.3) is 11.5 Å². The molecule has 0 spiro atoms. The molecule has 1 saturated heterocycles. The Kier molecular flexibility index (Phi) is 4.23. The maximum absolute atomic E-state index is 12.0. The lowest BCUT2D eigenvalue weighted by atomic mass is 10.2. The van der Waals surface area contributed by atoms with Crippen LogP contribution in [0, 0.1) is 0 Å². The second kappa shape index (κ2) is 6.47. The number of benzene rings is 1. The van der Waals surface area contributed by atoms with Gasteiger partial charge in [-0.25, -0.2) is 0 Å². The monoisotopic (exact) mass is 288 g/mol. The molecule has 1 aromatic heterocycles. The molecule has 2 N–H and O–H groups in total. The first-order chi connectivity index (χ1) is 10.3. The molecule has 2 aromatic rings. The molecule has 0 bridgehead atoms. The normalized spacial score (nSPS) is 18.4. The Morgan fingerprint density at radius 3 is 3.19 bits per heavy atom. The third-order valence-corrected chi connectivity index (χ3v) is 3.17. The lowest BCUT2D eigenvalue weighted by Crippen LogP contribution is -2.40. The Hall–Kier alpha value is -2.25. The number of amides is 1. The number of aromatic nitrogens is 2. The van der Waals surface area contributed by atoms with Crippen LogP contribution < -0.4 is 10.6 Å². The van der Waals surface area contributed by atoms with Crippen LogP contribution in [0.3, 0.4) is 0 Å². The van der Waals surface area contributed by atoms with Gasteiger partial charge < -0.3 is 19.8 Å². The molecule has 1 unspecified atom stereocenters. The number of ether oxygens (including phenoxy) is 1. The van der Waals surface area contributed by atoms with E-state index in [0.29, 0.717) is 31.2 Å². The first kappa shape index (κ1) is 13.7. The van der Waals surface area contributed by atoms with E-state index in [2.05, 4.69) is 20.8 Å². The van der Waals surface area contributed by atoms with Gasteiger partial charge in [0.2, 0.25) is 18.2 Å². The van der Waals surface area contributed by atoms with Crippen LogP contribution in [-0.2, 0) is 9.53 Å². The maximum atomic E-state index is 12.0. The first-order valence-electron chi connectivity index (χ1n) is 6.80. The highest BCUT2D eigenvalue weighted by Gasteiger charge is 2.17. The Morgan fingerprint density at radius 1 is 1.48 bits per heavy atom. The summed E-state index contributed by atoms with van der Waals surface area (Å²) in [5.41, 5.74) is 1.46. The average molecular weight is 288 g/mol. The topological polar surface area (TPSA) is 89.3 Å². The molecule has 1 aliphatic rings. The molecule has 0 aliphatic carbocycles. The fraction of sp³-hybridized carbons (Fsp3) is 0.357. The van der Waals surface area contributed by atoms with Crippen molar-refractivity contribution in [2.45, 2.75) is 12.5 Å². The second-order valence-corrected chi connectivity index (χ2v) is 4.77. The molecular weight excluding hydrogens is 272 g/mol. The minimum atomic E-state index is -0.0774. The zero-order valence-electron chi connectivity index (χ0n) is 11.4. The lowest BCUT2D eigenvalue weighted by molar-refractivity contribution is -0.119. The quantitative estimate of drug-likeness (QED) is 0.874. The van der Waals surface area contributed by atoms with Gasteiger partial charge in [0, 0.05) is 24.3 Å². The van der Waals surface area contributed by atoms with Crippen molar-refractivity contribution < 1.29 is 13.9 Å². The van der Waals surface area contributed by atoms with Crippen LogP contribution in [-0.4, -0.2) is 41.9 Å². The van der Waals surface area contributed by atoms with E-state index in [1.165, 1.54) is 6.39 Å². The number of carbonyl (C=O) groups is 1. The van der Waals surface area contributed by atoms with Crippen LogP contribution in [0.1, 0.15) is 6.42 Å². The van der Waals surface area contributed by atoms with Crippen LogP contribution in [0.15, 0.2) is 35.1 Å². The molecule has 1 aromatic carbocycles. The summed E-state index contributed by atoms with van der Waals surface area (Å²) >= 11 is 0. The van der Waals surface area contributed by atoms with E-state index in [-0.39, 0.29) is 12.0 Å². The van der Waals surface area contributed by atoms with Crippen molar-refractivity contribution in [1.29, 1.82) is 0 Å². The van der Waals surface area contributed by atoms with E-state index in [1.807, 2.05) is 18.2 Å². The van der Waals surface area contributed by atoms with Crippen molar-refractivity contribution in [3.05, 3.63) is 30.7 Å². The number of nitrogens with one attached hydrogen (secondary N) is 2. The standard InChI is InChI=1S/C14H16N4O3/c19-13(7-12-8-15-4-5-20-12)17-11-3-1-2-10(6-11)14-18-16-9-21-14/h1-3,6,9,12,15H,4-5,7-8H2,(H,17,19). The fourth-order valence-corrected chi connectivity index (χ4v) is 2.20. The highest BCUT2D eigenvalue weighted by molar-refractivity contribution is 5.91. The van der Waals surface area contributed by atoms with Crippen molar-refractivity contribution in [1.82, 2.24) is 15.5 Å². The second-order valence-electron chi connectivity index (χ2n) is 4.77. The molecule has 1 amide bonds. The predicted octanol–water partition coefficient (Wildman–Crippen LogP) is 1.05. The predicted molar refractivity (Wildman–Crippen MR) is 75.6 cm³/mol. The van der Waals surface area contributed by atoms with Gasteiger partial charge in [0.25, 0.3) is 0 Å². The Morgan fingerprint density at radius 2 is 2.43 bits per heavy atom. The Balaban J connectivity index is 1.62. The van der Waals surface area contributed by atoms with Gasteiger partial charge >= 0.3 is 0 Å². The number of hydrogen-bond donors (Lipinski definition) is 2. The highest BCUT2D eigenvalue weighted by atomic mass is 16.5. The molecule has 7 nitrogen and oxygen atoms in total. The summed E-state index contributed by atoms with van der Waals surface area (Å²) in [5, 5.41) is 13.5. The minimum Gasteiger partial charge on any atom is -0.423 e. The molecule has 0 radical (unpaired) electrons. The van der Waals surface area contributed by atoms with Crippen LogP contribution in [0.5, 0.6) is 0 Å². The summed E-state index contributed by atoms with van der Waals surface area (Å²) in [6, 6.07) is 7.29. The lowest BCUT2D eigenvalue weighted by Gasteiger charge is -2.23. The Bertz CT molecular complexity index is 594. The van der Waals surface area contributed by atoms with Crippen molar-refractivity contribution >= 4 is 11.6 Å². The van der Waals surface area contributed by atoms with Gasteiger partial charge in [-0.3, -0.25) is 4.79 Å². The average Bonchev–Trinajstić information content (AvgIpc) is 3.02. The molecule has 3 rings (SSSR count). The molecule has 0 saturated carbocycles. The number of rotatable bonds is 4. The zero-order valence-corrected chi connectivity index (χ0v) is 11.4. The number of nitrogens with zero attached hydrogens (tertiary/aromatic N) is 2. The summed E-state index contributed by atoms with van der Waals surface area (Å²) in [6.07, 6.45) is 1.53. The SMILES string of the molecule is O=C(CC1CNCCO1)Nc1cccc(-c2nnco2)c1. The summed E-state index contributed by atoms with van der Waals surface area (Å²) < 4.78 is 10.7. The minimum absolute atomic E-state index is 0.0714. The van der Waals surface area contributed by atoms with Crippen LogP contribution >= 0.6 is 0 Å². The third kappa shape index (κ3) is 3.65. The van der Waals surface area contributed by atoms with Gasteiger partial charge in [-0.2, -0.15) is 0 Å². The van der Waals surface area contributed by atoms with Crippen LogP contribution in [0.4, 0.5) is 5.69 Å². The molecule has 7 heteroatoms. The van der Waals surface area contributed by atoms with Crippen molar-refractivity contribution in [3.8, 4) is 11.5 Å². The summed E-state index contributed by atoms with van der Waals surface area (Å²) in [4.78, 5) is 12.0. The summed E-state index contributed by atoms with van der Waals surface area (Å²) in [6.45, 7) is 2.18. The van der Waals surface area contributed by atoms with E-state index >= 15 is 0 Å². The summed E-state index contributed by atoms with van der Waals surface area (Å²) in [5.74, 6) is 0.345. The van der Waals surface area contributed by atoms with Crippen molar-refractivity contribution in [3.63, 3.8) is 0 Å². The van der Waals surface area contributed by atoms with Gasteiger partial charge in [-0.1, -0.05) is 6.07 Å². The van der Waals surface area contributed by atoms with E-state index in [0.717, 1.165) is 12.1 Å². The summed E-state index contributed by atoms with van der Waals surface area (Å²) in [7, 11) is 0. The number of morpholine rings is 1. The van der Waals surface area contributed by atoms with Gasteiger partial charge in [0.15, 0.2) is 0 Å². The van der Waals surface area contributed by atoms with Gasteiger partial charge in [-0.05, 0) is 18.2 Å². The molecule has 110 valence electrons. The molecule has 1 atom stereocenters. The fourth-order valence-electron chi connectivity index (χ4n) is 2.20. The van der Waals surface area contributed by atoms with E-state index in [4.69, 9.17) is 9.15 Å². The maximum Gasteiger partial charge on any atom is 0.247 e. The molecule has 1 aliphatic heterocycles. The van der Waals surface area contributed by atoms with Gasteiger partial charge in [0.1, 0.15) is 0 Å². The molecular formula is C14H16N4O3. The molecule has 2 heterocycles. The number of hydrogen-bond acceptors (Lipinski definition) is 6. The number of anilines is 1. The van der Waals surface area contributed by atoms with Gasteiger partial charge in [0.05, 0.1) is 19.1 Å².